The minimum atomic E-state index is 0.281. The fraction of sp³-hybridized carbons (Fsp3) is 0.917. The van der Waals surface area contributed by atoms with Crippen LogP contribution in [0.1, 0.15) is 20.8 Å². The number of amides is 1. The van der Waals surface area contributed by atoms with E-state index in [4.69, 9.17) is 0 Å². The average Bonchev–Trinajstić information content (AvgIpc) is 2.28. The number of nitrogens with one attached hydrogen (secondary N) is 1. The summed E-state index contributed by atoms with van der Waals surface area (Å²) in [5.41, 5.74) is 0. The fourth-order valence-corrected chi connectivity index (χ4v) is 2.03. The summed E-state index contributed by atoms with van der Waals surface area (Å²) in [6.07, 6.45) is 0. The van der Waals surface area contributed by atoms with E-state index in [1.807, 2.05) is 4.90 Å². The zero-order valence-corrected chi connectivity index (χ0v) is 10.8. The van der Waals surface area contributed by atoms with Crippen molar-refractivity contribution in [3.8, 4) is 0 Å². The second kappa shape index (κ2) is 6.86. The monoisotopic (exact) mass is 227 g/mol. The van der Waals surface area contributed by atoms with Crippen molar-refractivity contribution in [1.82, 2.24) is 15.1 Å². The molecule has 1 aliphatic rings. The fourth-order valence-electron chi connectivity index (χ4n) is 2.03. The minimum Gasteiger partial charge on any atom is -0.339 e. The number of hydrogen-bond acceptors (Lipinski definition) is 3. The van der Waals surface area contributed by atoms with Crippen molar-refractivity contribution in [1.29, 1.82) is 0 Å². The van der Waals surface area contributed by atoms with Crippen LogP contribution in [-0.2, 0) is 4.79 Å². The Morgan fingerprint density at radius 2 is 2.00 bits per heavy atom. The van der Waals surface area contributed by atoms with Crippen molar-refractivity contribution in [2.45, 2.75) is 20.8 Å². The quantitative estimate of drug-likeness (QED) is 0.738. The normalized spacial score (nSPS) is 17.2. The van der Waals surface area contributed by atoms with E-state index in [2.05, 4.69) is 31.0 Å². The molecule has 0 radical (unpaired) electrons. The first-order chi connectivity index (χ1) is 7.63. The predicted octanol–water partition coefficient (Wildman–Crippen LogP) is 0.396. The van der Waals surface area contributed by atoms with Crippen LogP contribution in [0.3, 0.4) is 0 Å². The highest BCUT2D eigenvalue weighted by molar-refractivity contribution is 5.78. The number of carbonyl (C=O) groups excluding carboxylic acids is 1. The van der Waals surface area contributed by atoms with Crippen LogP contribution in [0.15, 0.2) is 0 Å². The number of nitrogens with zero attached hydrogens (tertiary/aromatic N) is 2. The van der Waals surface area contributed by atoms with Gasteiger partial charge in [0.25, 0.3) is 0 Å². The molecule has 94 valence electrons. The van der Waals surface area contributed by atoms with Gasteiger partial charge in [-0.25, -0.2) is 0 Å². The molecule has 1 fully saturated rings. The van der Waals surface area contributed by atoms with E-state index in [0.717, 1.165) is 39.3 Å². The SMILES string of the molecule is CCN(CC(=O)N1CCNCC1)CC(C)C. The van der Waals surface area contributed by atoms with Gasteiger partial charge >= 0.3 is 0 Å². The number of likely N-dealkylation sites (N-methyl/N-ethyl adjacent to an activating group) is 1. The van der Waals surface area contributed by atoms with Crippen LogP contribution >= 0.6 is 0 Å². The average molecular weight is 227 g/mol. The third-order valence-corrected chi connectivity index (χ3v) is 2.90. The summed E-state index contributed by atoms with van der Waals surface area (Å²) in [5, 5.41) is 3.26. The van der Waals surface area contributed by atoms with Crippen LogP contribution in [0.5, 0.6) is 0 Å². The molecular weight excluding hydrogens is 202 g/mol. The first-order valence-corrected chi connectivity index (χ1v) is 6.34. The molecule has 4 heteroatoms. The number of hydrogen-bond donors (Lipinski definition) is 1. The molecule has 1 saturated heterocycles. The second-order valence-electron chi connectivity index (χ2n) is 4.85. The number of piperazine rings is 1. The summed E-state index contributed by atoms with van der Waals surface area (Å²) in [7, 11) is 0. The van der Waals surface area contributed by atoms with E-state index < -0.39 is 0 Å². The van der Waals surface area contributed by atoms with E-state index in [0.29, 0.717) is 12.5 Å². The van der Waals surface area contributed by atoms with Gasteiger partial charge in [-0.1, -0.05) is 20.8 Å². The molecule has 1 aliphatic heterocycles. The molecule has 0 aromatic rings. The Bertz CT molecular complexity index is 212. The van der Waals surface area contributed by atoms with E-state index in [1.165, 1.54) is 0 Å². The van der Waals surface area contributed by atoms with Crippen LogP contribution in [0.4, 0.5) is 0 Å². The molecule has 0 aromatic heterocycles. The summed E-state index contributed by atoms with van der Waals surface area (Å²) in [6.45, 7) is 12.6. The molecule has 4 nitrogen and oxygen atoms in total. The van der Waals surface area contributed by atoms with Crippen molar-refractivity contribution < 1.29 is 4.79 Å². The molecule has 0 spiro atoms. The second-order valence-corrected chi connectivity index (χ2v) is 4.85. The maximum atomic E-state index is 12.0. The molecule has 0 saturated carbocycles. The Labute approximate surface area is 99.0 Å². The predicted molar refractivity (Wildman–Crippen MR) is 66.4 cm³/mol. The molecule has 0 atom stereocenters. The Balaban J connectivity index is 2.35. The highest BCUT2D eigenvalue weighted by Gasteiger charge is 2.18. The topological polar surface area (TPSA) is 35.6 Å². The van der Waals surface area contributed by atoms with Gasteiger partial charge in [0.2, 0.25) is 5.91 Å². The lowest BCUT2D eigenvalue weighted by atomic mass is 10.2. The van der Waals surface area contributed by atoms with E-state index in [9.17, 15) is 4.79 Å². The molecule has 0 unspecified atom stereocenters. The van der Waals surface area contributed by atoms with Gasteiger partial charge in [0.05, 0.1) is 6.54 Å². The molecule has 0 aliphatic carbocycles. The summed E-state index contributed by atoms with van der Waals surface area (Å²) in [6, 6.07) is 0. The van der Waals surface area contributed by atoms with Crippen LogP contribution in [0.2, 0.25) is 0 Å². The van der Waals surface area contributed by atoms with Crippen LogP contribution in [0, 0.1) is 5.92 Å². The van der Waals surface area contributed by atoms with Gasteiger partial charge in [-0.2, -0.15) is 0 Å². The molecular formula is C12H25N3O. The Morgan fingerprint density at radius 1 is 1.38 bits per heavy atom. The lowest BCUT2D eigenvalue weighted by Gasteiger charge is -2.30. The van der Waals surface area contributed by atoms with Crippen molar-refractivity contribution in [3.63, 3.8) is 0 Å². The first kappa shape index (κ1) is 13.5. The smallest absolute Gasteiger partial charge is 0.236 e. The van der Waals surface area contributed by atoms with Crippen LogP contribution in [-0.4, -0.2) is 61.5 Å². The van der Waals surface area contributed by atoms with Gasteiger partial charge in [0.15, 0.2) is 0 Å². The molecule has 0 bridgehead atoms. The summed E-state index contributed by atoms with van der Waals surface area (Å²) >= 11 is 0. The van der Waals surface area contributed by atoms with Gasteiger partial charge in [0, 0.05) is 32.7 Å². The maximum Gasteiger partial charge on any atom is 0.236 e. The molecule has 1 N–H and O–H groups in total. The number of rotatable bonds is 5. The van der Waals surface area contributed by atoms with Crippen LogP contribution in [0.25, 0.3) is 0 Å². The molecule has 16 heavy (non-hydrogen) atoms. The summed E-state index contributed by atoms with van der Waals surface area (Å²) in [5.74, 6) is 0.903. The molecule has 1 heterocycles. The summed E-state index contributed by atoms with van der Waals surface area (Å²) in [4.78, 5) is 16.2. The third kappa shape index (κ3) is 4.49. The zero-order valence-electron chi connectivity index (χ0n) is 10.8. The van der Waals surface area contributed by atoms with Gasteiger partial charge < -0.3 is 10.2 Å². The Hall–Kier alpha value is -0.610. The first-order valence-electron chi connectivity index (χ1n) is 6.34. The maximum absolute atomic E-state index is 12.0. The van der Waals surface area contributed by atoms with Crippen molar-refractivity contribution >= 4 is 5.91 Å². The molecule has 1 amide bonds. The molecule has 1 rings (SSSR count). The van der Waals surface area contributed by atoms with Crippen LogP contribution < -0.4 is 5.32 Å². The number of carbonyl (C=O) groups is 1. The van der Waals surface area contributed by atoms with Crippen molar-refractivity contribution in [2.75, 3.05) is 45.8 Å². The lowest BCUT2D eigenvalue weighted by Crippen LogP contribution is -2.49. The Morgan fingerprint density at radius 3 is 2.50 bits per heavy atom. The highest BCUT2D eigenvalue weighted by atomic mass is 16.2. The Kier molecular flexibility index (Phi) is 5.77. The summed E-state index contributed by atoms with van der Waals surface area (Å²) < 4.78 is 0. The minimum absolute atomic E-state index is 0.281. The lowest BCUT2D eigenvalue weighted by molar-refractivity contribution is -0.133. The van der Waals surface area contributed by atoms with Gasteiger partial charge in [-0.15, -0.1) is 0 Å². The van der Waals surface area contributed by atoms with E-state index in [-0.39, 0.29) is 5.91 Å². The van der Waals surface area contributed by atoms with E-state index in [1.54, 1.807) is 0 Å². The molecule has 0 aromatic carbocycles. The van der Waals surface area contributed by atoms with Crippen molar-refractivity contribution in [3.05, 3.63) is 0 Å². The van der Waals surface area contributed by atoms with Crippen molar-refractivity contribution in [2.24, 2.45) is 5.92 Å². The third-order valence-electron chi connectivity index (χ3n) is 2.90. The standard InChI is InChI=1S/C12H25N3O/c1-4-14(9-11(2)3)10-12(16)15-7-5-13-6-8-15/h11,13H,4-10H2,1-3H3. The highest BCUT2D eigenvalue weighted by Crippen LogP contribution is 2.01. The van der Waals surface area contributed by atoms with Gasteiger partial charge in [-0.05, 0) is 12.5 Å². The zero-order chi connectivity index (χ0) is 12.0. The van der Waals surface area contributed by atoms with E-state index >= 15 is 0 Å². The van der Waals surface area contributed by atoms with Gasteiger partial charge in [0.1, 0.15) is 0 Å². The van der Waals surface area contributed by atoms with Gasteiger partial charge in [-0.3, -0.25) is 9.69 Å². The largest absolute Gasteiger partial charge is 0.339 e.